The number of rotatable bonds is 9. The van der Waals surface area contributed by atoms with Crippen LogP contribution in [-0.4, -0.2) is 18.5 Å². The van der Waals surface area contributed by atoms with E-state index in [0.29, 0.717) is 12.2 Å². The molecule has 0 N–H and O–H groups in total. The Morgan fingerprint density at radius 1 is 1.16 bits per heavy atom. The summed E-state index contributed by atoms with van der Waals surface area (Å²) in [6.45, 7) is 4.71. The Morgan fingerprint density at radius 3 is 2.42 bits per heavy atom. The Morgan fingerprint density at radius 2 is 1.79 bits per heavy atom. The molecule has 0 saturated heterocycles. The zero-order valence-electron chi connectivity index (χ0n) is 11.8. The average molecular weight is 327 g/mol. The van der Waals surface area contributed by atoms with E-state index in [9.17, 15) is 4.79 Å². The average Bonchev–Trinajstić information content (AvgIpc) is 2.42. The molecule has 19 heavy (non-hydrogen) atoms. The van der Waals surface area contributed by atoms with Gasteiger partial charge in [-0.25, -0.2) is 0 Å². The summed E-state index contributed by atoms with van der Waals surface area (Å²) < 4.78 is 6.59. The number of benzene rings is 1. The van der Waals surface area contributed by atoms with Crippen molar-refractivity contribution < 1.29 is 9.53 Å². The van der Waals surface area contributed by atoms with Gasteiger partial charge in [0.1, 0.15) is 6.10 Å². The molecule has 0 heterocycles. The van der Waals surface area contributed by atoms with Crippen molar-refractivity contribution in [1.82, 2.24) is 0 Å². The van der Waals surface area contributed by atoms with Crippen LogP contribution in [0.3, 0.4) is 0 Å². The van der Waals surface area contributed by atoms with Crippen molar-refractivity contribution in [3.63, 3.8) is 0 Å². The van der Waals surface area contributed by atoms with E-state index in [-0.39, 0.29) is 11.9 Å². The summed E-state index contributed by atoms with van der Waals surface area (Å²) >= 11 is 3.36. The molecular weight excluding hydrogens is 304 g/mol. The SMILES string of the molecule is CCCCCCCOC(C)C(=O)c1ccc(Br)cc1. The number of ether oxygens (including phenoxy) is 1. The lowest BCUT2D eigenvalue weighted by atomic mass is 10.1. The van der Waals surface area contributed by atoms with E-state index in [1.165, 1.54) is 25.7 Å². The molecule has 0 aromatic heterocycles. The zero-order valence-corrected chi connectivity index (χ0v) is 13.4. The van der Waals surface area contributed by atoms with Crippen molar-refractivity contribution >= 4 is 21.7 Å². The monoisotopic (exact) mass is 326 g/mol. The van der Waals surface area contributed by atoms with Gasteiger partial charge in [0.15, 0.2) is 5.78 Å². The molecule has 1 unspecified atom stereocenters. The van der Waals surface area contributed by atoms with Crippen molar-refractivity contribution in [2.24, 2.45) is 0 Å². The highest BCUT2D eigenvalue weighted by Gasteiger charge is 2.15. The molecule has 0 amide bonds. The molecule has 0 aliphatic carbocycles. The molecule has 0 aliphatic heterocycles. The van der Waals surface area contributed by atoms with Gasteiger partial charge in [-0.2, -0.15) is 0 Å². The van der Waals surface area contributed by atoms with Crippen LogP contribution in [0.15, 0.2) is 28.7 Å². The second-order valence-corrected chi connectivity index (χ2v) is 5.71. The first kappa shape index (κ1) is 16.4. The quantitative estimate of drug-likeness (QED) is 0.471. The summed E-state index contributed by atoms with van der Waals surface area (Å²) in [5.41, 5.74) is 0.710. The molecule has 0 radical (unpaired) electrons. The minimum Gasteiger partial charge on any atom is -0.370 e. The Labute approximate surface area is 124 Å². The molecule has 0 fully saturated rings. The predicted octanol–water partition coefficient (Wildman–Crippen LogP) is 5.01. The Kier molecular flexibility index (Phi) is 7.99. The lowest BCUT2D eigenvalue weighted by molar-refractivity contribution is 0.0464. The fourth-order valence-corrected chi connectivity index (χ4v) is 2.15. The maximum absolute atomic E-state index is 12.1. The van der Waals surface area contributed by atoms with E-state index in [1.807, 2.05) is 31.2 Å². The van der Waals surface area contributed by atoms with Crippen LogP contribution in [0.4, 0.5) is 0 Å². The van der Waals surface area contributed by atoms with Crippen LogP contribution in [0.2, 0.25) is 0 Å². The summed E-state index contributed by atoms with van der Waals surface area (Å²) in [6, 6.07) is 7.41. The van der Waals surface area contributed by atoms with Crippen LogP contribution in [0.5, 0.6) is 0 Å². The van der Waals surface area contributed by atoms with Crippen molar-refractivity contribution in [2.45, 2.75) is 52.1 Å². The van der Waals surface area contributed by atoms with Gasteiger partial charge in [-0.1, -0.05) is 60.7 Å². The molecular formula is C16H23BrO2. The second-order valence-electron chi connectivity index (χ2n) is 4.80. The number of Topliss-reactive ketones (excluding diaryl/α,β-unsaturated/α-hetero) is 1. The molecule has 106 valence electrons. The van der Waals surface area contributed by atoms with Crippen LogP contribution >= 0.6 is 15.9 Å². The summed E-state index contributed by atoms with van der Waals surface area (Å²) in [5, 5.41) is 0. The number of carbonyl (C=O) groups is 1. The molecule has 0 spiro atoms. The van der Waals surface area contributed by atoms with Gasteiger partial charge in [0.05, 0.1) is 0 Å². The Bertz CT molecular complexity index is 373. The number of ketones is 1. The van der Waals surface area contributed by atoms with E-state index in [0.717, 1.165) is 10.9 Å². The van der Waals surface area contributed by atoms with Gasteiger partial charge in [-0.3, -0.25) is 4.79 Å². The number of hydrogen-bond donors (Lipinski definition) is 0. The molecule has 3 heteroatoms. The van der Waals surface area contributed by atoms with Crippen LogP contribution in [-0.2, 0) is 4.74 Å². The molecule has 1 aromatic carbocycles. The van der Waals surface area contributed by atoms with Gasteiger partial charge in [-0.15, -0.1) is 0 Å². The summed E-state index contributed by atoms with van der Waals surface area (Å²) in [7, 11) is 0. The van der Waals surface area contributed by atoms with E-state index in [4.69, 9.17) is 4.74 Å². The third-order valence-electron chi connectivity index (χ3n) is 3.11. The first-order valence-electron chi connectivity index (χ1n) is 7.06. The molecule has 1 atom stereocenters. The number of hydrogen-bond acceptors (Lipinski definition) is 2. The first-order valence-corrected chi connectivity index (χ1v) is 7.85. The van der Waals surface area contributed by atoms with Crippen LogP contribution in [0.1, 0.15) is 56.3 Å². The maximum Gasteiger partial charge on any atom is 0.191 e. The summed E-state index contributed by atoms with van der Waals surface area (Å²) in [4.78, 5) is 12.1. The van der Waals surface area contributed by atoms with E-state index >= 15 is 0 Å². The van der Waals surface area contributed by atoms with E-state index in [2.05, 4.69) is 22.9 Å². The predicted molar refractivity (Wildman–Crippen MR) is 82.6 cm³/mol. The third kappa shape index (κ3) is 6.35. The molecule has 0 bridgehead atoms. The fourth-order valence-electron chi connectivity index (χ4n) is 1.89. The van der Waals surface area contributed by atoms with Crippen molar-refractivity contribution in [1.29, 1.82) is 0 Å². The minimum absolute atomic E-state index is 0.0565. The van der Waals surface area contributed by atoms with Crippen molar-refractivity contribution in [3.8, 4) is 0 Å². The maximum atomic E-state index is 12.1. The molecule has 1 rings (SSSR count). The van der Waals surface area contributed by atoms with Gasteiger partial charge < -0.3 is 4.74 Å². The lowest BCUT2D eigenvalue weighted by Crippen LogP contribution is -2.21. The van der Waals surface area contributed by atoms with Gasteiger partial charge in [-0.05, 0) is 25.5 Å². The standard InChI is InChI=1S/C16H23BrO2/c1-3-4-5-6-7-12-19-13(2)16(18)14-8-10-15(17)11-9-14/h8-11,13H,3-7,12H2,1-2H3. The van der Waals surface area contributed by atoms with E-state index < -0.39 is 0 Å². The third-order valence-corrected chi connectivity index (χ3v) is 3.64. The minimum atomic E-state index is -0.354. The molecule has 0 saturated carbocycles. The van der Waals surface area contributed by atoms with Crippen molar-refractivity contribution in [2.75, 3.05) is 6.61 Å². The number of unbranched alkanes of at least 4 members (excludes halogenated alkanes) is 4. The number of carbonyl (C=O) groups excluding carboxylic acids is 1. The Balaban J connectivity index is 2.27. The van der Waals surface area contributed by atoms with Gasteiger partial charge in [0.25, 0.3) is 0 Å². The Hall–Kier alpha value is -0.670. The van der Waals surface area contributed by atoms with Crippen LogP contribution < -0.4 is 0 Å². The van der Waals surface area contributed by atoms with Gasteiger partial charge in [0, 0.05) is 16.6 Å². The molecule has 1 aromatic rings. The zero-order chi connectivity index (χ0) is 14.1. The largest absolute Gasteiger partial charge is 0.370 e. The highest BCUT2D eigenvalue weighted by Crippen LogP contribution is 2.13. The highest BCUT2D eigenvalue weighted by atomic mass is 79.9. The van der Waals surface area contributed by atoms with Gasteiger partial charge in [0.2, 0.25) is 0 Å². The van der Waals surface area contributed by atoms with E-state index in [1.54, 1.807) is 0 Å². The van der Waals surface area contributed by atoms with Crippen LogP contribution in [0.25, 0.3) is 0 Å². The number of halogens is 1. The summed E-state index contributed by atoms with van der Waals surface area (Å²) in [5.74, 6) is 0.0565. The fraction of sp³-hybridized carbons (Fsp3) is 0.562. The lowest BCUT2D eigenvalue weighted by Gasteiger charge is -2.12. The highest BCUT2D eigenvalue weighted by molar-refractivity contribution is 9.10. The molecule has 0 aliphatic rings. The smallest absolute Gasteiger partial charge is 0.191 e. The second kappa shape index (κ2) is 9.27. The normalized spacial score (nSPS) is 12.4. The van der Waals surface area contributed by atoms with Gasteiger partial charge >= 0.3 is 0 Å². The van der Waals surface area contributed by atoms with Crippen molar-refractivity contribution in [3.05, 3.63) is 34.3 Å². The first-order chi connectivity index (χ1) is 9.15. The topological polar surface area (TPSA) is 26.3 Å². The van der Waals surface area contributed by atoms with Crippen LogP contribution in [0, 0.1) is 0 Å². The summed E-state index contributed by atoms with van der Waals surface area (Å²) in [6.07, 6.45) is 5.67. The molecule has 2 nitrogen and oxygen atoms in total.